The molecule has 0 heterocycles. The number of benzene rings is 1. The van der Waals surface area contributed by atoms with Crippen molar-refractivity contribution in [2.75, 3.05) is 6.26 Å². The van der Waals surface area contributed by atoms with Crippen molar-refractivity contribution in [3.05, 3.63) is 29.3 Å². The van der Waals surface area contributed by atoms with Gasteiger partial charge in [0, 0.05) is 4.90 Å². The summed E-state index contributed by atoms with van der Waals surface area (Å²) in [4.78, 5) is 15.8. The Labute approximate surface area is 100 Å². The summed E-state index contributed by atoms with van der Waals surface area (Å²) in [6.07, 6.45) is 6.89. The number of aliphatic imine (C=N–C) groups is 1. The number of thioether (sulfide) groups is 1. The number of isocyanates is 1. The molecule has 0 unspecified atom stereocenters. The molecule has 2 nitrogen and oxygen atoms in total. The number of hydrogen-bond donors (Lipinski definition) is 0. The van der Waals surface area contributed by atoms with E-state index in [2.05, 4.69) is 36.4 Å². The average Bonchev–Trinajstić information content (AvgIpc) is 2.24. The molecule has 0 amide bonds. The second-order valence-electron chi connectivity index (χ2n) is 4.27. The van der Waals surface area contributed by atoms with Crippen LogP contribution in [0.3, 0.4) is 0 Å². The SMILES string of the molecule is CSc1cc(C2(N=C=O)CCC2)ccc1C. The minimum absolute atomic E-state index is 0.264. The summed E-state index contributed by atoms with van der Waals surface area (Å²) in [5, 5.41) is 0. The summed E-state index contributed by atoms with van der Waals surface area (Å²) in [7, 11) is 0. The molecule has 1 fully saturated rings. The molecule has 1 aliphatic rings. The maximum Gasteiger partial charge on any atom is 0.235 e. The van der Waals surface area contributed by atoms with Crippen molar-refractivity contribution >= 4 is 17.8 Å². The van der Waals surface area contributed by atoms with Crippen molar-refractivity contribution in [2.24, 2.45) is 4.99 Å². The van der Waals surface area contributed by atoms with Crippen molar-refractivity contribution < 1.29 is 4.79 Å². The molecule has 0 bridgehead atoms. The van der Waals surface area contributed by atoms with Gasteiger partial charge in [0.05, 0.1) is 5.54 Å². The van der Waals surface area contributed by atoms with Crippen LogP contribution >= 0.6 is 11.8 Å². The van der Waals surface area contributed by atoms with E-state index in [4.69, 9.17) is 0 Å². The Hall–Kier alpha value is -1.05. The summed E-state index contributed by atoms with van der Waals surface area (Å²) in [6, 6.07) is 6.37. The number of nitrogens with zero attached hydrogens (tertiary/aromatic N) is 1. The molecule has 1 saturated carbocycles. The van der Waals surface area contributed by atoms with E-state index in [9.17, 15) is 4.79 Å². The minimum Gasteiger partial charge on any atom is -0.211 e. The second kappa shape index (κ2) is 4.44. The lowest BCUT2D eigenvalue weighted by molar-refractivity contribution is 0.255. The second-order valence-corrected chi connectivity index (χ2v) is 5.12. The number of hydrogen-bond acceptors (Lipinski definition) is 3. The summed E-state index contributed by atoms with van der Waals surface area (Å²) in [6.45, 7) is 2.10. The molecule has 0 N–H and O–H groups in total. The molecule has 0 aliphatic heterocycles. The van der Waals surface area contributed by atoms with Gasteiger partial charge < -0.3 is 0 Å². The molecule has 1 aliphatic carbocycles. The summed E-state index contributed by atoms with van der Waals surface area (Å²) < 4.78 is 0. The highest BCUT2D eigenvalue weighted by Gasteiger charge is 2.38. The maximum absolute atomic E-state index is 10.5. The fourth-order valence-corrected chi connectivity index (χ4v) is 2.81. The predicted molar refractivity (Wildman–Crippen MR) is 66.6 cm³/mol. The number of carbonyl (C=O) groups excluding carboxylic acids is 1. The molecule has 1 aromatic rings. The number of aryl methyl sites for hydroxylation is 1. The first-order chi connectivity index (χ1) is 7.72. The third-order valence-electron chi connectivity index (χ3n) is 3.39. The molecular formula is C13H15NOS. The fourth-order valence-electron chi connectivity index (χ4n) is 2.17. The lowest BCUT2D eigenvalue weighted by atomic mass is 9.72. The Morgan fingerprint density at radius 2 is 2.19 bits per heavy atom. The summed E-state index contributed by atoms with van der Waals surface area (Å²) in [5.41, 5.74) is 2.18. The van der Waals surface area contributed by atoms with E-state index in [0.29, 0.717) is 0 Å². The molecule has 16 heavy (non-hydrogen) atoms. The van der Waals surface area contributed by atoms with Crippen LogP contribution in [0.15, 0.2) is 28.1 Å². The van der Waals surface area contributed by atoms with Crippen LogP contribution in [0.5, 0.6) is 0 Å². The molecular weight excluding hydrogens is 218 g/mol. The quantitative estimate of drug-likeness (QED) is 0.455. The van der Waals surface area contributed by atoms with Crippen LogP contribution in [0.25, 0.3) is 0 Å². The van der Waals surface area contributed by atoms with Crippen molar-refractivity contribution in [1.29, 1.82) is 0 Å². The first-order valence-corrected chi connectivity index (χ1v) is 6.68. The predicted octanol–water partition coefficient (Wildman–Crippen LogP) is 3.43. The molecule has 0 atom stereocenters. The summed E-state index contributed by atoms with van der Waals surface area (Å²) in [5.74, 6) is 0. The van der Waals surface area contributed by atoms with Gasteiger partial charge in [-0.15, -0.1) is 11.8 Å². The van der Waals surface area contributed by atoms with E-state index >= 15 is 0 Å². The molecule has 1 aromatic carbocycles. The van der Waals surface area contributed by atoms with Crippen LogP contribution in [-0.2, 0) is 10.3 Å². The highest BCUT2D eigenvalue weighted by Crippen LogP contribution is 2.45. The fraction of sp³-hybridized carbons (Fsp3) is 0.462. The van der Waals surface area contributed by atoms with E-state index < -0.39 is 0 Å². The maximum atomic E-state index is 10.5. The van der Waals surface area contributed by atoms with Gasteiger partial charge in [-0.25, -0.2) is 4.79 Å². The third-order valence-corrected chi connectivity index (χ3v) is 4.27. The highest BCUT2D eigenvalue weighted by molar-refractivity contribution is 7.98. The van der Waals surface area contributed by atoms with Crippen LogP contribution < -0.4 is 0 Å². The van der Waals surface area contributed by atoms with Gasteiger partial charge in [0.2, 0.25) is 6.08 Å². The molecule has 0 spiro atoms. The van der Waals surface area contributed by atoms with E-state index in [1.54, 1.807) is 17.8 Å². The third kappa shape index (κ3) is 1.81. The lowest BCUT2D eigenvalue weighted by Crippen LogP contribution is -2.31. The standard InChI is InChI=1S/C13H15NOS/c1-10-4-5-11(8-12(10)16-2)13(14-9-15)6-3-7-13/h4-5,8H,3,6-7H2,1-2H3. The van der Waals surface area contributed by atoms with Crippen LogP contribution in [0, 0.1) is 6.92 Å². The zero-order chi connectivity index (χ0) is 11.6. The highest BCUT2D eigenvalue weighted by atomic mass is 32.2. The van der Waals surface area contributed by atoms with Gasteiger partial charge in [0.25, 0.3) is 0 Å². The Bertz CT molecular complexity index is 445. The lowest BCUT2D eigenvalue weighted by Gasteiger charge is -2.37. The normalized spacial score (nSPS) is 17.4. The molecule has 3 heteroatoms. The monoisotopic (exact) mass is 233 g/mol. The van der Waals surface area contributed by atoms with Gasteiger partial charge in [-0.2, -0.15) is 4.99 Å². The van der Waals surface area contributed by atoms with Gasteiger partial charge in [-0.05, 0) is 49.6 Å². The van der Waals surface area contributed by atoms with Crippen LogP contribution in [0.1, 0.15) is 30.4 Å². The van der Waals surface area contributed by atoms with Crippen molar-refractivity contribution in [3.63, 3.8) is 0 Å². The molecule has 84 valence electrons. The first kappa shape index (κ1) is 11.4. The van der Waals surface area contributed by atoms with E-state index in [-0.39, 0.29) is 5.54 Å². The average molecular weight is 233 g/mol. The van der Waals surface area contributed by atoms with Gasteiger partial charge in [-0.1, -0.05) is 12.1 Å². The molecule has 0 saturated heterocycles. The smallest absolute Gasteiger partial charge is 0.211 e. The summed E-state index contributed by atoms with van der Waals surface area (Å²) >= 11 is 1.74. The Morgan fingerprint density at radius 3 is 2.69 bits per heavy atom. The van der Waals surface area contributed by atoms with Gasteiger partial charge in [0.1, 0.15) is 0 Å². The molecule has 2 rings (SSSR count). The Morgan fingerprint density at radius 1 is 1.44 bits per heavy atom. The van der Waals surface area contributed by atoms with Gasteiger partial charge in [-0.3, -0.25) is 0 Å². The minimum atomic E-state index is -0.264. The largest absolute Gasteiger partial charge is 0.235 e. The van der Waals surface area contributed by atoms with E-state index in [1.165, 1.54) is 10.5 Å². The van der Waals surface area contributed by atoms with Crippen molar-refractivity contribution in [3.8, 4) is 0 Å². The van der Waals surface area contributed by atoms with Gasteiger partial charge in [0.15, 0.2) is 0 Å². The first-order valence-electron chi connectivity index (χ1n) is 5.46. The number of rotatable bonds is 3. The van der Waals surface area contributed by atoms with Crippen LogP contribution in [-0.4, -0.2) is 12.3 Å². The topological polar surface area (TPSA) is 29.4 Å². The van der Waals surface area contributed by atoms with Crippen LogP contribution in [0.2, 0.25) is 0 Å². The molecule has 0 radical (unpaired) electrons. The zero-order valence-electron chi connectivity index (χ0n) is 9.62. The molecule has 0 aromatic heterocycles. The van der Waals surface area contributed by atoms with Gasteiger partial charge >= 0.3 is 0 Å². The van der Waals surface area contributed by atoms with Crippen molar-refractivity contribution in [2.45, 2.75) is 36.6 Å². The van der Waals surface area contributed by atoms with E-state index in [1.807, 2.05) is 0 Å². The Kier molecular flexibility index (Phi) is 3.17. The van der Waals surface area contributed by atoms with Crippen molar-refractivity contribution in [1.82, 2.24) is 0 Å². The zero-order valence-corrected chi connectivity index (χ0v) is 10.4. The van der Waals surface area contributed by atoms with Crippen LogP contribution in [0.4, 0.5) is 0 Å². The van der Waals surface area contributed by atoms with E-state index in [0.717, 1.165) is 24.8 Å². The Balaban J connectivity index is 2.43.